The number of carbonyl (C=O) groups is 1. The van der Waals surface area contributed by atoms with Crippen molar-refractivity contribution in [3.05, 3.63) is 47.7 Å². The molecular weight excluding hydrogens is 228 g/mol. The lowest BCUT2D eigenvalue weighted by molar-refractivity contribution is -0.135. The Morgan fingerprint density at radius 2 is 2.00 bits per heavy atom. The van der Waals surface area contributed by atoms with Crippen molar-refractivity contribution in [3.63, 3.8) is 0 Å². The minimum absolute atomic E-state index is 0.00703. The highest BCUT2D eigenvalue weighted by Crippen LogP contribution is 2.27. The third-order valence-electron chi connectivity index (χ3n) is 3.01. The van der Waals surface area contributed by atoms with E-state index < -0.39 is 5.60 Å². The van der Waals surface area contributed by atoms with Crippen LogP contribution < -0.4 is 0 Å². The maximum absolute atomic E-state index is 11.8. The summed E-state index contributed by atoms with van der Waals surface area (Å²) >= 11 is 0. The Kier molecular flexibility index (Phi) is 3.82. The third kappa shape index (κ3) is 2.79. The highest BCUT2D eigenvalue weighted by atomic mass is 16.6. The van der Waals surface area contributed by atoms with Crippen LogP contribution in [-0.4, -0.2) is 18.0 Å². The zero-order chi connectivity index (χ0) is 13.0. The fourth-order valence-electron chi connectivity index (χ4n) is 1.88. The van der Waals surface area contributed by atoms with Crippen molar-refractivity contribution in [1.82, 2.24) is 0 Å². The number of rotatable bonds is 5. The first kappa shape index (κ1) is 12.8. The van der Waals surface area contributed by atoms with E-state index in [-0.39, 0.29) is 12.4 Å². The first-order valence-corrected chi connectivity index (χ1v) is 6.20. The van der Waals surface area contributed by atoms with E-state index in [0.29, 0.717) is 6.61 Å². The van der Waals surface area contributed by atoms with Gasteiger partial charge < -0.3 is 9.47 Å². The minimum atomic E-state index is -0.847. The van der Waals surface area contributed by atoms with Crippen LogP contribution in [0.25, 0.3) is 0 Å². The Bertz CT molecular complexity index is 450. The van der Waals surface area contributed by atoms with Gasteiger partial charge >= 0.3 is 0 Å². The molecule has 3 heteroatoms. The number of carbonyl (C=O) groups excluding carboxylic acids is 1. The average Bonchev–Trinajstić information content (AvgIpc) is 2.67. The maximum atomic E-state index is 11.8. The van der Waals surface area contributed by atoms with Crippen LogP contribution in [0, 0.1) is 0 Å². The highest BCUT2D eigenvalue weighted by molar-refractivity contribution is 5.99. The summed E-state index contributed by atoms with van der Waals surface area (Å²) in [6.45, 7) is 4.52. The van der Waals surface area contributed by atoms with E-state index in [0.717, 1.165) is 17.7 Å². The molecule has 0 fully saturated rings. The van der Waals surface area contributed by atoms with Crippen molar-refractivity contribution in [3.8, 4) is 0 Å². The second-order valence-corrected chi connectivity index (χ2v) is 4.64. The van der Waals surface area contributed by atoms with Crippen LogP contribution in [0.2, 0.25) is 0 Å². The molecule has 0 aliphatic carbocycles. The van der Waals surface area contributed by atoms with Crippen molar-refractivity contribution in [1.29, 1.82) is 0 Å². The van der Waals surface area contributed by atoms with Gasteiger partial charge in [-0.05, 0) is 12.5 Å². The lowest BCUT2D eigenvalue weighted by Gasteiger charge is -2.23. The van der Waals surface area contributed by atoms with Gasteiger partial charge in [0.25, 0.3) is 0 Å². The fraction of sp³-hybridized carbons (Fsp3) is 0.400. The number of benzene rings is 1. The average molecular weight is 246 g/mol. The quantitative estimate of drug-likeness (QED) is 0.801. The molecule has 0 bridgehead atoms. The molecule has 1 heterocycles. The highest BCUT2D eigenvalue weighted by Gasteiger charge is 2.39. The molecular formula is C15H18O3. The van der Waals surface area contributed by atoms with Gasteiger partial charge in [-0.1, -0.05) is 37.3 Å². The van der Waals surface area contributed by atoms with E-state index in [1.54, 1.807) is 13.0 Å². The molecule has 0 amide bonds. The Labute approximate surface area is 107 Å². The summed E-state index contributed by atoms with van der Waals surface area (Å²) < 4.78 is 11.2. The fourth-order valence-corrected chi connectivity index (χ4v) is 1.88. The largest absolute Gasteiger partial charge is 0.481 e. The molecule has 0 aromatic heterocycles. The second kappa shape index (κ2) is 5.36. The number of allylic oxidation sites excluding steroid dienone is 1. The Morgan fingerprint density at radius 3 is 2.61 bits per heavy atom. The maximum Gasteiger partial charge on any atom is 0.204 e. The van der Waals surface area contributed by atoms with Gasteiger partial charge in [0.1, 0.15) is 5.76 Å². The van der Waals surface area contributed by atoms with Gasteiger partial charge in [-0.15, -0.1) is 0 Å². The van der Waals surface area contributed by atoms with E-state index in [4.69, 9.17) is 9.47 Å². The van der Waals surface area contributed by atoms with Crippen molar-refractivity contribution >= 4 is 5.78 Å². The van der Waals surface area contributed by atoms with Crippen LogP contribution in [0.1, 0.15) is 25.8 Å². The van der Waals surface area contributed by atoms with Crippen LogP contribution in [-0.2, 0) is 20.9 Å². The summed E-state index contributed by atoms with van der Waals surface area (Å²) in [7, 11) is 0. The van der Waals surface area contributed by atoms with Crippen molar-refractivity contribution in [2.24, 2.45) is 0 Å². The van der Waals surface area contributed by atoms with E-state index in [9.17, 15) is 4.79 Å². The van der Waals surface area contributed by atoms with Crippen molar-refractivity contribution in [2.45, 2.75) is 32.5 Å². The first-order chi connectivity index (χ1) is 8.64. The van der Waals surface area contributed by atoms with Crippen LogP contribution in [0.15, 0.2) is 42.2 Å². The van der Waals surface area contributed by atoms with Crippen LogP contribution >= 0.6 is 0 Å². The molecule has 1 unspecified atom stereocenters. The molecule has 18 heavy (non-hydrogen) atoms. The van der Waals surface area contributed by atoms with Gasteiger partial charge in [-0.3, -0.25) is 4.79 Å². The zero-order valence-corrected chi connectivity index (χ0v) is 10.8. The van der Waals surface area contributed by atoms with E-state index >= 15 is 0 Å². The first-order valence-electron chi connectivity index (χ1n) is 6.20. The molecule has 96 valence electrons. The van der Waals surface area contributed by atoms with Crippen LogP contribution in [0.4, 0.5) is 0 Å². The smallest absolute Gasteiger partial charge is 0.204 e. The lowest BCUT2D eigenvalue weighted by Crippen LogP contribution is -2.38. The third-order valence-corrected chi connectivity index (χ3v) is 3.01. The lowest BCUT2D eigenvalue weighted by atomic mass is 10.0. The summed E-state index contributed by atoms with van der Waals surface area (Å²) in [5, 5.41) is 0. The summed E-state index contributed by atoms with van der Waals surface area (Å²) in [6.07, 6.45) is 2.31. The monoisotopic (exact) mass is 246 g/mol. The summed E-state index contributed by atoms with van der Waals surface area (Å²) in [5.41, 5.74) is 0.246. The molecule has 1 atom stereocenters. The van der Waals surface area contributed by atoms with Gasteiger partial charge in [0.05, 0.1) is 13.2 Å². The normalized spacial score (nSPS) is 22.8. The molecule has 1 aliphatic heterocycles. The van der Waals surface area contributed by atoms with Crippen molar-refractivity contribution < 1.29 is 14.3 Å². The second-order valence-electron chi connectivity index (χ2n) is 4.64. The predicted octanol–water partition coefficient (Wildman–Crippen LogP) is 2.86. The zero-order valence-electron chi connectivity index (χ0n) is 10.8. The van der Waals surface area contributed by atoms with E-state index in [1.807, 2.05) is 37.3 Å². The number of hydrogen-bond donors (Lipinski definition) is 0. The topological polar surface area (TPSA) is 35.5 Å². The Balaban J connectivity index is 1.86. The number of hydrogen-bond acceptors (Lipinski definition) is 3. The molecule has 1 aromatic rings. The molecule has 3 nitrogen and oxygen atoms in total. The molecule has 1 aliphatic rings. The molecule has 2 rings (SSSR count). The van der Waals surface area contributed by atoms with Crippen LogP contribution in [0.3, 0.4) is 0 Å². The minimum Gasteiger partial charge on any atom is -0.481 e. The van der Waals surface area contributed by atoms with Crippen LogP contribution in [0.5, 0.6) is 0 Å². The standard InChI is InChI=1S/C15H18O3/c1-3-13-9-14(16)15(2,18-13)11-17-10-12-7-5-4-6-8-12/h4-9H,3,10-11H2,1-2H3. The Morgan fingerprint density at radius 1 is 1.28 bits per heavy atom. The van der Waals surface area contributed by atoms with Gasteiger partial charge in [0.2, 0.25) is 5.78 Å². The van der Waals surface area contributed by atoms with Gasteiger partial charge in [0.15, 0.2) is 5.60 Å². The van der Waals surface area contributed by atoms with E-state index in [2.05, 4.69) is 0 Å². The van der Waals surface area contributed by atoms with Gasteiger partial charge in [0, 0.05) is 12.5 Å². The molecule has 0 N–H and O–H groups in total. The molecule has 0 radical (unpaired) electrons. The van der Waals surface area contributed by atoms with E-state index in [1.165, 1.54) is 0 Å². The summed E-state index contributed by atoms with van der Waals surface area (Å²) in [6, 6.07) is 9.89. The van der Waals surface area contributed by atoms with Gasteiger partial charge in [-0.25, -0.2) is 0 Å². The summed E-state index contributed by atoms with van der Waals surface area (Å²) in [4.78, 5) is 11.8. The molecule has 1 aromatic carbocycles. The molecule has 0 saturated heterocycles. The van der Waals surface area contributed by atoms with Crippen molar-refractivity contribution in [2.75, 3.05) is 6.61 Å². The molecule has 0 spiro atoms. The SMILES string of the molecule is CCC1=CC(=O)C(C)(COCc2ccccc2)O1. The number of ketones is 1. The molecule has 0 saturated carbocycles. The number of ether oxygens (including phenoxy) is 2. The van der Waals surface area contributed by atoms with Gasteiger partial charge in [-0.2, -0.15) is 0 Å². The predicted molar refractivity (Wildman–Crippen MR) is 69.0 cm³/mol. The Hall–Kier alpha value is -1.61. The summed E-state index contributed by atoms with van der Waals surface area (Å²) in [5.74, 6) is 0.734.